The minimum atomic E-state index is 0.141. The Bertz CT molecular complexity index is 483. The SMILES string of the molecule is COC1CC(NC2CC(=O)N(C)c3ccccc32)C1. The van der Waals surface area contributed by atoms with Crippen LogP contribution in [0, 0.1) is 0 Å². The van der Waals surface area contributed by atoms with E-state index in [0.717, 1.165) is 18.5 Å². The number of carbonyl (C=O) groups excluding carboxylic acids is 1. The van der Waals surface area contributed by atoms with Crippen molar-refractivity contribution in [2.24, 2.45) is 0 Å². The summed E-state index contributed by atoms with van der Waals surface area (Å²) < 4.78 is 5.30. The van der Waals surface area contributed by atoms with Gasteiger partial charge in [0.05, 0.1) is 6.10 Å². The average Bonchev–Trinajstić information content (AvgIpc) is 2.39. The minimum Gasteiger partial charge on any atom is -0.381 e. The first kappa shape index (κ1) is 12.6. The van der Waals surface area contributed by atoms with Crippen LogP contribution in [0.4, 0.5) is 5.69 Å². The second-order valence-corrected chi connectivity index (χ2v) is 5.46. The van der Waals surface area contributed by atoms with Crippen LogP contribution < -0.4 is 10.2 Å². The van der Waals surface area contributed by atoms with Crippen molar-refractivity contribution in [3.63, 3.8) is 0 Å². The van der Waals surface area contributed by atoms with Crippen molar-refractivity contribution in [3.8, 4) is 0 Å². The van der Waals surface area contributed by atoms with E-state index in [1.807, 2.05) is 25.2 Å². The van der Waals surface area contributed by atoms with Crippen LogP contribution >= 0.6 is 0 Å². The lowest BCUT2D eigenvalue weighted by Gasteiger charge is -2.40. The summed E-state index contributed by atoms with van der Waals surface area (Å²) in [6.07, 6.45) is 3.01. The van der Waals surface area contributed by atoms with Crippen molar-refractivity contribution in [2.75, 3.05) is 19.1 Å². The molecule has 1 heterocycles. The number of nitrogens with one attached hydrogen (secondary N) is 1. The van der Waals surface area contributed by atoms with Gasteiger partial charge in [-0.15, -0.1) is 0 Å². The molecule has 1 atom stereocenters. The third kappa shape index (κ3) is 2.26. The first-order valence-corrected chi connectivity index (χ1v) is 6.83. The number of rotatable bonds is 3. The second-order valence-electron chi connectivity index (χ2n) is 5.46. The van der Waals surface area contributed by atoms with Crippen molar-refractivity contribution in [2.45, 2.75) is 37.5 Å². The van der Waals surface area contributed by atoms with Gasteiger partial charge >= 0.3 is 0 Å². The number of hydrogen-bond acceptors (Lipinski definition) is 3. The number of fused-ring (bicyclic) bond motifs is 1. The number of ether oxygens (including phenoxy) is 1. The summed E-state index contributed by atoms with van der Waals surface area (Å²) in [5, 5.41) is 3.60. The van der Waals surface area contributed by atoms with Crippen LogP contribution in [-0.2, 0) is 9.53 Å². The Labute approximate surface area is 113 Å². The van der Waals surface area contributed by atoms with Gasteiger partial charge in [-0.3, -0.25) is 4.79 Å². The minimum absolute atomic E-state index is 0.141. The molecule has 0 spiro atoms. The molecule has 3 rings (SSSR count). The highest BCUT2D eigenvalue weighted by Gasteiger charge is 2.34. The predicted molar refractivity (Wildman–Crippen MR) is 74.2 cm³/mol. The first-order chi connectivity index (χ1) is 9.19. The van der Waals surface area contributed by atoms with Crippen molar-refractivity contribution in [1.29, 1.82) is 0 Å². The molecular weight excluding hydrogens is 240 g/mol. The monoisotopic (exact) mass is 260 g/mol. The Balaban J connectivity index is 1.76. The molecule has 1 saturated carbocycles. The summed E-state index contributed by atoms with van der Waals surface area (Å²) >= 11 is 0. The maximum absolute atomic E-state index is 12.0. The predicted octanol–water partition coefficient (Wildman–Crippen LogP) is 1.86. The smallest absolute Gasteiger partial charge is 0.228 e. The van der Waals surface area contributed by atoms with Gasteiger partial charge in [0, 0.05) is 38.3 Å². The van der Waals surface area contributed by atoms with Crippen LogP contribution in [0.1, 0.15) is 30.9 Å². The van der Waals surface area contributed by atoms with Gasteiger partial charge < -0.3 is 15.0 Å². The normalized spacial score (nSPS) is 29.9. The molecular formula is C15H20N2O2. The molecule has 1 aliphatic heterocycles. The Morgan fingerprint density at radius 3 is 2.79 bits per heavy atom. The molecule has 1 aromatic rings. The van der Waals surface area contributed by atoms with Gasteiger partial charge in [-0.1, -0.05) is 18.2 Å². The zero-order valence-electron chi connectivity index (χ0n) is 11.4. The molecule has 1 N–H and O–H groups in total. The number of amides is 1. The number of benzene rings is 1. The van der Waals surface area contributed by atoms with Crippen LogP contribution in [0.3, 0.4) is 0 Å². The van der Waals surface area contributed by atoms with Gasteiger partial charge in [-0.05, 0) is 24.5 Å². The fourth-order valence-electron chi connectivity index (χ4n) is 2.97. The van der Waals surface area contributed by atoms with Crippen LogP contribution in [-0.4, -0.2) is 32.2 Å². The van der Waals surface area contributed by atoms with Gasteiger partial charge in [0.2, 0.25) is 5.91 Å². The summed E-state index contributed by atoms with van der Waals surface area (Å²) in [5.74, 6) is 0.179. The quantitative estimate of drug-likeness (QED) is 0.902. The van der Waals surface area contributed by atoms with E-state index in [2.05, 4.69) is 11.4 Å². The number of carbonyl (C=O) groups is 1. The van der Waals surface area contributed by atoms with Crippen molar-refractivity contribution < 1.29 is 9.53 Å². The lowest BCUT2D eigenvalue weighted by atomic mass is 9.86. The van der Waals surface area contributed by atoms with Gasteiger partial charge in [0.1, 0.15) is 0 Å². The van der Waals surface area contributed by atoms with Crippen LogP contribution in [0.2, 0.25) is 0 Å². The maximum atomic E-state index is 12.0. The highest BCUT2D eigenvalue weighted by Crippen LogP contribution is 2.35. The lowest BCUT2D eigenvalue weighted by molar-refractivity contribution is -0.119. The lowest BCUT2D eigenvalue weighted by Crippen LogP contribution is -2.48. The molecule has 4 heteroatoms. The third-order valence-electron chi connectivity index (χ3n) is 4.29. The fourth-order valence-corrected chi connectivity index (χ4v) is 2.97. The number of nitrogens with zero attached hydrogens (tertiary/aromatic N) is 1. The molecule has 1 fully saturated rings. The summed E-state index contributed by atoms with van der Waals surface area (Å²) in [7, 11) is 3.61. The number of para-hydroxylation sites is 1. The summed E-state index contributed by atoms with van der Waals surface area (Å²) in [4.78, 5) is 13.8. The molecule has 1 aromatic carbocycles. The fraction of sp³-hybridized carbons (Fsp3) is 0.533. The molecule has 1 aliphatic carbocycles. The van der Waals surface area contributed by atoms with E-state index in [1.165, 1.54) is 5.56 Å². The topological polar surface area (TPSA) is 41.6 Å². The molecule has 19 heavy (non-hydrogen) atoms. The van der Waals surface area contributed by atoms with Gasteiger partial charge in [0.25, 0.3) is 0 Å². The van der Waals surface area contributed by atoms with Crippen LogP contribution in [0.25, 0.3) is 0 Å². The molecule has 0 saturated heterocycles. The molecule has 0 aromatic heterocycles. The number of anilines is 1. The molecule has 0 radical (unpaired) electrons. The van der Waals surface area contributed by atoms with E-state index in [-0.39, 0.29) is 11.9 Å². The highest BCUT2D eigenvalue weighted by atomic mass is 16.5. The Morgan fingerprint density at radius 1 is 1.32 bits per heavy atom. The Morgan fingerprint density at radius 2 is 2.05 bits per heavy atom. The van der Waals surface area contributed by atoms with Crippen molar-refractivity contribution in [1.82, 2.24) is 5.32 Å². The zero-order valence-corrected chi connectivity index (χ0v) is 11.4. The first-order valence-electron chi connectivity index (χ1n) is 6.83. The largest absolute Gasteiger partial charge is 0.381 e. The highest BCUT2D eigenvalue weighted by molar-refractivity contribution is 5.96. The molecule has 1 unspecified atom stereocenters. The van der Waals surface area contributed by atoms with Crippen LogP contribution in [0.15, 0.2) is 24.3 Å². The van der Waals surface area contributed by atoms with E-state index in [9.17, 15) is 4.79 Å². The molecule has 102 valence electrons. The van der Waals surface area contributed by atoms with Gasteiger partial charge in [-0.25, -0.2) is 0 Å². The van der Waals surface area contributed by atoms with E-state index < -0.39 is 0 Å². The van der Waals surface area contributed by atoms with Gasteiger partial charge in [-0.2, -0.15) is 0 Å². The number of hydrogen-bond donors (Lipinski definition) is 1. The van der Waals surface area contributed by atoms with Crippen molar-refractivity contribution in [3.05, 3.63) is 29.8 Å². The average molecular weight is 260 g/mol. The van der Waals surface area contributed by atoms with E-state index in [0.29, 0.717) is 18.6 Å². The second kappa shape index (κ2) is 4.94. The van der Waals surface area contributed by atoms with E-state index in [1.54, 1.807) is 12.0 Å². The molecule has 1 amide bonds. The van der Waals surface area contributed by atoms with E-state index in [4.69, 9.17) is 4.74 Å². The van der Waals surface area contributed by atoms with Gasteiger partial charge in [0.15, 0.2) is 0 Å². The zero-order chi connectivity index (χ0) is 13.4. The Hall–Kier alpha value is -1.39. The molecule has 0 bridgehead atoms. The Kier molecular flexibility index (Phi) is 3.29. The summed E-state index contributed by atoms with van der Waals surface area (Å²) in [6, 6.07) is 8.76. The standard InChI is InChI=1S/C15H20N2O2/c1-17-14-6-4-3-5-12(14)13(9-15(17)18)16-10-7-11(8-10)19-2/h3-6,10-11,13,16H,7-9H2,1-2H3. The van der Waals surface area contributed by atoms with Crippen molar-refractivity contribution >= 4 is 11.6 Å². The summed E-state index contributed by atoms with van der Waals surface area (Å²) in [5.41, 5.74) is 2.25. The van der Waals surface area contributed by atoms with Crippen LogP contribution in [0.5, 0.6) is 0 Å². The summed E-state index contributed by atoms with van der Waals surface area (Å²) in [6.45, 7) is 0. The number of methoxy groups -OCH3 is 1. The molecule has 2 aliphatic rings. The third-order valence-corrected chi connectivity index (χ3v) is 4.29. The molecule has 4 nitrogen and oxygen atoms in total. The maximum Gasteiger partial charge on any atom is 0.228 e. The van der Waals surface area contributed by atoms with E-state index >= 15 is 0 Å².